The van der Waals surface area contributed by atoms with Gasteiger partial charge in [-0.2, -0.15) is 0 Å². The zero-order valence-corrected chi connectivity index (χ0v) is 18.8. The summed E-state index contributed by atoms with van der Waals surface area (Å²) in [5.41, 5.74) is 3.10. The van der Waals surface area contributed by atoms with Gasteiger partial charge in [0.25, 0.3) is 0 Å². The van der Waals surface area contributed by atoms with Crippen molar-refractivity contribution < 1.29 is 28.9 Å². The van der Waals surface area contributed by atoms with Gasteiger partial charge in [0.15, 0.2) is 11.9 Å². The van der Waals surface area contributed by atoms with Crippen LogP contribution in [0.1, 0.15) is 33.5 Å². The van der Waals surface area contributed by atoms with Gasteiger partial charge in [-0.15, -0.1) is 0 Å². The van der Waals surface area contributed by atoms with E-state index >= 15 is 0 Å². The van der Waals surface area contributed by atoms with Crippen LogP contribution in [0.25, 0.3) is 0 Å². The van der Waals surface area contributed by atoms with Crippen molar-refractivity contribution in [2.24, 2.45) is 0 Å². The van der Waals surface area contributed by atoms with Crippen LogP contribution in [-0.4, -0.2) is 43.3 Å². The Morgan fingerprint density at radius 1 is 0.879 bits per heavy atom. The molecule has 1 unspecified atom stereocenters. The number of benzene rings is 3. The lowest BCUT2D eigenvalue weighted by molar-refractivity contribution is -0.148. The molecule has 0 spiro atoms. The van der Waals surface area contributed by atoms with E-state index in [9.17, 15) is 9.59 Å². The van der Waals surface area contributed by atoms with E-state index in [0.29, 0.717) is 42.9 Å². The molecule has 0 fully saturated rings. The van der Waals surface area contributed by atoms with E-state index in [1.807, 2.05) is 43.3 Å². The standard InChI is InChI=1S/C27H28O6/c1-19-17-20(18-25(31-2)27(29)30)9-14-24(19)33-16-6-15-32-23-12-10-22(11-13-23)26(28)21-7-4-3-5-8-21/h3-5,7-14,17,25H,6,15-16,18H2,1-2H3,(H,29,30). The fourth-order valence-electron chi connectivity index (χ4n) is 3.38. The van der Waals surface area contributed by atoms with Gasteiger partial charge in [-0.3, -0.25) is 4.79 Å². The third-order valence-electron chi connectivity index (χ3n) is 5.19. The van der Waals surface area contributed by atoms with E-state index in [2.05, 4.69) is 0 Å². The van der Waals surface area contributed by atoms with Crippen LogP contribution >= 0.6 is 0 Å². The second-order valence-electron chi connectivity index (χ2n) is 7.64. The summed E-state index contributed by atoms with van der Waals surface area (Å²) in [6.45, 7) is 2.90. The van der Waals surface area contributed by atoms with Crippen molar-refractivity contribution in [2.75, 3.05) is 20.3 Å². The lowest BCUT2D eigenvalue weighted by Gasteiger charge is -2.13. The zero-order valence-electron chi connectivity index (χ0n) is 18.8. The minimum atomic E-state index is -0.979. The molecule has 3 aromatic carbocycles. The van der Waals surface area contributed by atoms with E-state index in [1.165, 1.54) is 7.11 Å². The molecule has 1 N–H and O–H groups in total. The first-order valence-electron chi connectivity index (χ1n) is 10.8. The number of carbonyl (C=O) groups excluding carboxylic acids is 1. The Labute approximate surface area is 193 Å². The van der Waals surface area contributed by atoms with Crippen molar-refractivity contribution in [3.8, 4) is 11.5 Å². The van der Waals surface area contributed by atoms with Crippen LogP contribution in [0.2, 0.25) is 0 Å². The first-order valence-corrected chi connectivity index (χ1v) is 10.8. The molecule has 3 rings (SSSR count). The SMILES string of the molecule is COC(Cc1ccc(OCCCOc2ccc(C(=O)c3ccccc3)cc2)c(C)c1)C(=O)O. The molecule has 3 aromatic rings. The number of carboxylic acid groups (broad SMARTS) is 1. The summed E-state index contributed by atoms with van der Waals surface area (Å²) in [7, 11) is 1.39. The van der Waals surface area contributed by atoms with Crippen LogP contribution in [0.4, 0.5) is 0 Å². The molecule has 0 heterocycles. The Hall–Kier alpha value is -3.64. The van der Waals surface area contributed by atoms with Crippen molar-refractivity contribution in [3.05, 3.63) is 95.1 Å². The summed E-state index contributed by atoms with van der Waals surface area (Å²) >= 11 is 0. The van der Waals surface area contributed by atoms with Crippen molar-refractivity contribution in [1.82, 2.24) is 0 Å². The molecule has 6 heteroatoms. The van der Waals surface area contributed by atoms with Gasteiger partial charge in [0, 0.05) is 31.1 Å². The van der Waals surface area contributed by atoms with Crippen LogP contribution < -0.4 is 9.47 Å². The molecule has 0 amide bonds. The average molecular weight is 449 g/mol. The molecule has 6 nitrogen and oxygen atoms in total. The normalized spacial score (nSPS) is 11.6. The maximum absolute atomic E-state index is 12.4. The predicted octanol–water partition coefficient (Wildman–Crippen LogP) is 4.72. The minimum absolute atomic E-state index is 0.0161. The highest BCUT2D eigenvalue weighted by atomic mass is 16.5. The molecule has 1 atom stereocenters. The topological polar surface area (TPSA) is 82.1 Å². The number of carbonyl (C=O) groups is 2. The number of ketones is 1. The highest BCUT2D eigenvalue weighted by Crippen LogP contribution is 2.21. The number of rotatable bonds is 12. The third-order valence-corrected chi connectivity index (χ3v) is 5.19. The van der Waals surface area contributed by atoms with E-state index in [1.54, 1.807) is 36.4 Å². The summed E-state index contributed by atoms with van der Waals surface area (Å²) in [5.74, 6) is 0.462. The molecule has 0 saturated carbocycles. The van der Waals surface area contributed by atoms with Crippen LogP contribution in [0.5, 0.6) is 11.5 Å². The van der Waals surface area contributed by atoms with Gasteiger partial charge < -0.3 is 19.3 Å². The summed E-state index contributed by atoms with van der Waals surface area (Å²) in [6.07, 6.45) is 0.131. The van der Waals surface area contributed by atoms with Crippen LogP contribution in [0, 0.1) is 6.92 Å². The Morgan fingerprint density at radius 3 is 2.18 bits per heavy atom. The monoisotopic (exact) mass is 448 g/mol. The number of hydrogen-bond acceptors (Lipinski definition) is 5. The molecule has 33 heavy (non-hydrogen) atoms. The maximum Gasteiger partial charge on any atom is 0.333 e. The molecule has 0 bridgehead atoms. The van der Waals surface area contributed by atoms with Gasteiger partial charge in [-0.05, 0) is 48.4 Å². The summed E-state index contributed by atoms with van der Waals surface area (Å²) < 4.78 is 16.6. The van der Waals surface area contributed by atoms with Gasteiger partial charge >= 0.3 is 5.97 Å². The lowest BCUT2D eigenvalue weighted by Crippen LogP contribution is -2.24. The first kappa shape index (κ1) is 24.0. The van der Waals surface area contributed by atoms with Crippen LogP contribution in [-0.2, 0) is 16.0 Å². The minimum Gasteiger partial charge on any atom is -0.493 e. The van der Waals surface area contributed by atoms with Crippen molar-refractivity contribution in [3.63, 3.8) is 0 Å². The smallest absolute Gasteiger partial charge is 0.333 e. The molecule has 0 radical (unpaired) electrons. The van der Waals surface area contributed by atoms with Gasteiger partial charge in [-0.25, -0.2) is 4.79 Å². The summed E-state index contributed by atoms with van der Waals surface area (Å²) in [4.78, 5) is 23.6. The number of carboxylic acids is 1. The van der Waals surface area contributed by atoms with Crippen molar-refractivity contribution >= 4 is 11.8 Å². The Morgan fingerprint density at radius 2 is 1.55 bits per heavy atom. The zero-order chi connectivity index (χ0) is 23.6. The first-order chi connectivity index (χ1) is 16.0. The number of aliphatic carboxylic acids is 1. The third kappa shape index (κ3) is 6.92. The lowest BCUT2D eigenvalue weighted by atomic mass is 10.0. The molecule has 172 valence electrons. The van der Waals surface area contributed by atoms with E-state index in [4.69, 9.17) is 19.3 Å². The molecule has 0 aliphatic heterocycles. The van der Waals surface area contributed by atoms with Gasteiger partial charge in [0.1, 0.15) is 11.5 Å². The Kier molecular flexibility index (Phi) is 8.61. The number of aryl methyl sites for hydroxylation is 1. The number of hydrogen-bond donors (Lipinski definition) is 1. The second kappa shape index (κ2) is 11.8. The highest BCUT2D eigenvalue weighted by molar-refractivity contribution is 6.08. The maximum atomic E-state index is 12.4. The van der Waals surface area contributed by atoms with Gasteiger partial charge in [-0.1, -0.05) is 42.5 Å². The van der Waals surface area contributed by atoms with Gasteiger partial charge in [0.2, 0.25) is 0 Å². The van der Waals surface area contributed by atoms with Crippen molar-refractivity contribution in [2.45, 2.75) is 25.9 Å². The van der Waals surface area contributed by atoms with Gasteiger partial charge in [0.05, 0.1) is 13.2 Å². The van der Waals surface area contributed by atoms with Crippen molar-refractivity contribution in [1.29, 1.82) is 0 Å². The fourth-order valence-corrected chi connectivity index (χ4v) is 3.38. The molecule has 0 aliphatic carbocycles. The van der Waals surface area contributed by atoms with E-state index < -0.39 is 12.1 Å². The van der Waals surface area contributed by atoms with E-state index in [0.717, 1.165) is 16.9 Å². The number of ether oxygens (including phenoxy) is 3. The molecule has 0 saturated heterocycles. The highest BCUT2D eigenvalue weighted by Gasteiger charge is 2.17. The molecular formula is C27H28O6. The Balaban J connectivity index is 1.42. The molecule has 0 aromatic heterocycles. The summed E-state index contributed by atoms with van der Waals surface area (Å²) in [6, 6.07) is 21.9. The Bertz CT molecular complexity index is 1060. The molecule has 0 aliphatic rings. The largest absolute Gasteiger partial charge is 0.493 e. The quantitative estimate of drug-likeness (QED) is 0.319. The average Bonchev–Trinajstić information content (AvgIpc) is 2.83. The van der Waals surface area contributed by atoms with E-state index in [-0.39, 0.29) is 5.78 Å². The van der Waals surface area contributed by atoms with Crippen LogP contribution in [0.3, 0.4) is 0 Å². The second-order valence-corrected chi connectivity index (χ2v) is 7.64. The summed E-state index contributed by atoms with van der Waals surface area (Å²) in [5, 5.41) is 9.12. The predicted molar refractivity (Wildman–Crippen MR) is 125 cm³/mol. The fraction of sp³-hybridized carbons (Fsp3) is 0.259. The number of methoxy groups -OCH3 is 1. The molecular weight excluding hydrogens is 420 g/mol. The van der Waals surface area contributed by atoms with Crippen LogP contribution in [0.15, 0.2) is 72.8 Å².